The zero-order valence-electron chi connectivity index (χ0n) is 16.5. The van der Waals surface area contributed by atoms with E-state index in [0.29, 0.717) is 23.5 Å². The zero-order chi connectivity index (χ0) is 21.1. The van der Waals surface area contributed by atoms with Crippen LogP contribution in [0.1, 0.15) is 43.1 Å². The molecule has 8 nitrogen and oxygen atoms in total. The van der Waals surface area contributed by atoms with E-state index < -0.39 is 11.0 Å². The van der Waals surface area contributed by atoms with Crippen molar-refractivity contribution in [3.05, 3.63) is 63.7 Å². The molecule has 2 amide bonds. The number of carbonyl (C=O) groups is 2. The molecular formula is C21H23N3O5. The molecule has 0 unspecified atom stereocenters. The van der Waals surface area contributed by atoms with Gasteiger partial charge in [0, 0.05) is 41.5 Å². The fraction of sp³-hybridized carbons (Fsp3) is 0.333. The molecule has 8 heteroatoms. The average molecular weight is 397 g/mol. The van der Waals surface area contributed by atoms with Gasteiger partial charge in [0.15, 0.2) is 6.10 Å². The number of hydrogen-bond acceptors (Lipinski definition) is 5. The lowest BCUT2D eigenvalue weighted by molar-refractivity contribution is -0.384. The van der Waals surface area contributed by atoms with Crippen molar-refractivity contribution in [2.75, 3.05) is 5.32 Å². The number of rotatable bonds is 5. The molecule has 1 aliphatic rings. The van der Waals surface area contributed by atoms with Crippen molar-refractivity contribution < 1.29 is 19.2 Å². The third-order valence-electron chi connectivity index (χ3n) is 5.06. The highest BCUT2D eigenvalue weighted by Gasteiger charge is 2.30. The van der Waals surface area contributed by atoms with E-state index in [-0.39, 0.29) is 23.5 Å². The van der Waals surface area contributed by atoms with Gasteiger partial charge < -0.3 is 15.0 Å². The van der Waals surface area contributed by atoms with E-state index in [0.717, 1.165) is 12.0 Å². The molecule has 1 aliphatic heterocycles. The van der Waals surface area contributed by atoms with Gasteiger partial charge in [-0.2, -0.15) is 0 Å². The minimum absolute atomic E-state index is 0.0629. The molecule has 0 radical (unpaired) electrons. The highest BCUT2D eigenvalue weighted by molar-refractivity contribution is 6.04. The number of carbonyl (C=O) groups excluding carboxylic acids is 2. The summed E-state index contributed by atoms with van der Waals surface area (Å²) in [5.41, 5.74) is 1.60. The summed E-state index contributed by atoms with van der Waals surface area (Å²) >= 11 is 0. The van der Waals surface area contributed by atoms with E-state index in [4.69, 9.17) is 4.74 Å². The highest BCUT2D eigenvalue weighted by atomic mass is 16.6. The van der Waals surface area contributed by atoms with Crippen LogP contribution in [-0.4, -0.2) is 33.8 Å². The molecule has 2 aromatic carbocycles. The number of fused-ring (bicyclic) bond motifs is 1. The monoisotopic (exact) mass is 397 g/mol. The van der Waals surface area contributed by atoms with Crippen LogP contribution >= 0.6 is 0 Å². The summed E-state index contributed by atoms with van der Waals surface area (Å²) in [6, 6.07) is 10.7. The van der Waals surface area contributed by atoms with E-state index >= 15 is 0 Å². The van der Waals surface area contributed by atoms with E-state index in [1.807, 2.05) is 13.8 Å². The van der Waals surface area contributed by atoms with Gasteiger partial charge in [0.1, 0.15) is 5.75 Å². The molecule has 0 fully saturated rings. The van der Waals surface area contributed by atoms with E-state index in [1.54, 1.807) is 30.0 Å². The summed E-state index contributed by atoms with van der Waals surface area (Å²) in [7, 11) is 0. The molecular weight excluding hydrogens is 374 g/mol. The predicted molar refractivity (Wildman–Crippen MR) is 108 cm³/mol. The number of hydrogen-bond donors (Lipinski definition) is 1. The number of amides is 2. The molecule has 29 heavy (non-hydrogen) atoms. The Morgan fingerprint density at radius 3 is 2.62 bits per heavy atom. The SMILES string of the molecule is CC[C@@H](C)N1Cc2cc(NC(=O)c3ccc([N+](=O)[O-])cc3)ccc2O[C@@H](C)C1=O. The Morgan fingerprint density at radius 1 is 1.31 bits per heavy atom. The van der Waals surface area contributed by atoms with Crippen molar-refractivity contribution in [2.45, 2.75) is 45.9 Å². The van der Waals surface area contributed by atoms with Crippen LogP contribution in [0.2, 0.25) is 0 Å². The molecule has 3 rings (SSSR count). The molecule has 2 aromatic rings. The third kappa shape index (κ3) is 4.37. The lowest BCUT2D eigenvalue weighted by Gasteiger charge is -2.28. The first kappa shape index (κ1) is 20.3. The summed E-state index contributed by atoms with van der Waals surface area (Å²) in [4.78, 5) is 37.1. The second-order valence-corrected chi connectivity index (χ2v) is 7.06. The molecule has 2 atom stereocenters. The Balaban J connectivity index is 1.82. The van der Waals surface area contributed by atoms with E-state index in [1.165, 1.54) is 24.3 Å². The van der Waals surface area contributed by atoms with E-state index in [2.05, 4.69) is 5.32 Å². The number of anilines is 1. The molecule has 152 valence electrons. The number of nitrogens with one attached hydrogen (secondary N) is 1. The number of benzene rings is 2. The summed E-state index contributed by atoms with van der Waals surface area (Å²) in [6.07, 6.45) is 0.246. The van der Waals surface area contributed by atoms with Crippen LogP contribution < -0.4 is 10.1 Å². The van der Waals surface area contributed by atoms with Crippen LogP contribution in [0.15, 0.2) is 42.5 Å². The number of nitro groups is 1. The van der Waals surface area contributed by atoms with Crippen LogP contribution in [-0.2, 0) is 11.3 Å². The lowest BCUT2D eigenvalue weighted by Crippen LogP contribution is -2.42. The number of ether oxygens (including phenoxy) is 1. The van der Waals surface area contributed by atoms with Gasteiger partial charge in [0.25, 0.3) is 17.5 Å². The van der Waals surface area contributed by atoms with Crippen LogP contribution in [0, 0.1) is 10.1 Å². The second kappa shape index (κ2) is 8.30. The second-order valence-electron chi connectivity index (χ2n) is 7.06. The standard InChI is InChI=1S/C21H23N3O5/c1-4-13(2)23-12-16-11-17(7-10-19(16)29-14(3)21(23)26)22-20(25)15-5-8-18(9-6-15)24(27)28/h5-11,13-14H,4,12H2,1-3H3,(H,22,25)/t13-,14+/m1/s1. The molecule has 0 saturated carbocycles. The average Bonchev–Trinajstić information content (AvgIpc) is 2.84. The van der Waals surface area contributed by atoms with Crippen LogP contribution in [0.25, 0.3) is 0 Å². The summed E-state index contributed by atoms with van der Waals surface area (Å²) < 4.78 is 5.81. The smallest absolute Gasteiger partial charge is 0.269 e. The Morgan fingerprint density at radius 2 is 2.00 bits per heavy atom. The van der Waals surface area contributed by atoms with Crippen LogP contribution in [0.5, 0.6) is 5.75 Å². The maximum atomic E-state index is 12.6. The van der Waals surface area contributed by atoms with Crippen molar-refractivity contribution in [1.82, 2.24) is 4.90 Å². The Bertz CT molecular complexity index is 942. The van der Waals surface area contributed by atoms with Gasteiger partial charge in [-0.05, 0) is 50.6 Å². The lowest BCUT2D eigenvalue weighted by atomic mass is 10.1. The first-order valence-corrected chi connectivity index (χ1v) is 9.46. The number of nitro benzene ring substituents is 1. The first-order valence-electron chi connectivity index (χ1n) is 9.46. The maximum absolute atomic E-state index is 12.6. The number of nitrogens with zero attached hydrogens (tertiary/aromatic N) is 2. The molecule has 0 aromatic heterocycles. The maximum Gasteiger partial charge on any atom is 0.269 e. The molecule has 0 bridgehead atoms. The van der Waals surface area contributed by atoms with Gasteiger partial charge >= 0.3 is 0 Å². The predicted octanol–water partition coefficient (Wildman–Crippen LogP) is 3.76. The minimum Gasteiger partial charge on any atom is -0.481 e. The van der Waals surface area contributed by atoms with Gasteiger partial charge in [-0.3, -0.25) is 19.7 Å². The van der Waals surface area contributed by atoms with Gasteiger partial charge in [0.2, 0.25) is 0 Å². The molecule has 1 heterocycles. The van der Waals surface area contributed by atoms with Crippen molar-refractivity contribution in [3.8, 4) is 5.75 Å². The summed E-state index contributed by atoms with van der Waals surface area (Å²) in [6.45, 7) is 6.15. The topological polar surface area (TPSA) is 102 Å². The quantitative estimate of drug-likeness (QED) is 0.611. The zero-order valence-corrected chi connectivity index (χ0v) is 16.5. The summed E-state index contributed by atoms with van der Waals surface area (Å²) in [5.74, 6) is 0.176. The van der Waals surface area contributed by atoms with Crippen LogP contribution in [0.4, 0.5) is 11.4 Å². The van der Waals surface area contributed by atoms with Crippen LogP contribution in [0.3, 0.4) is 0 Å². The largest absolute Gasteiger partial charge is 0.481 e. The fourth-order valence-corrected chi connectivity index (χ4v) is 3.16. The summed E-state index contributed by atoms with van der Waals surface area (Å²) in [5, 5.41) is 13.5. The fourth-order valence-electron chi connectivity index (χ4n) is 3.16. The molecule has 1 N–H and O–H groups in total. The highest BCUT2D eigenvalue weighted by Crippen LogP contribution is 2.30. The van der Waals surface area contributed by atoms with Crippen molar-refractivity contribution in [1.29, 1.82) is 0 Å². The normalized spacial score (nSPS) is 17.0. The molecule has 0 saturated heterocycles. The van der Waals surface area contributed by atoms with Gasteiger partial charge in [-0.25, -0.2) is 0 Å². The Labute approximate surface area is 168 Å². The minimum atomic E-state index is -0.578. The van der Waals surface area contributed by atoms with E-state index in [9.17, 15) is 19.7 Å². The third-order valence-corrected chi connectivity index (χ3v) is 5.06. The van der Waals surface area contributed by atoms with Crippen molar-refractivity contribution >= 4 is 23.2 Å². The number of non-ortho nitro benzene ring substituents is 1. The molecule has 0 spiro atoms. The first-order chi connectivity index (χ1) is 13.8. The van der Waals surface area contributed by atoms with Crippen molar-refractivity contribution in [3.63, 3.8) is 0 Å². The van der Waals surface area contributed by atoms with Gasteiger partial charge in [-0.15, -0.1) is 0 Å². The Kier molecular flexibility index (Phi) is 5.81. The molecule has 0 aliphatic carbocycles. The van der Waals surface area contributed by atoms with Crippen molar-refractivity contribution in [2.24, 2.45) is 0 Å². The van der Waals surface area contributed by atoms with Gasteiger partial charge in [-0.1, -0.05) is 6.92 Å². The van der Waals surface area contributed by atoms with Gasteiger partial charge in [0.05, 0.1) is 4.92 Å². The Hall–Kier alpha value is -3.42.